The molecule has 0 atom stereocenters. The van der Waals surface area contributed by atoms with Crippen molar-refractivity contribution >= 4 is 63.5 Å². The summed E-state index contributed by atoms with van der Waals surface area (Å²) in [6, 6.07) is 12.1. The molecule has 1 aliphatic heterocycles. The summed E-state index contributed by atoms with van der Waals surface area (Å²) in [5.74, 6) is -0.635. The molecule has 1 aliphatic rings. The molecule has 2 amide bonds. The number of thioether (sulfide) groups is 1. The molecule has 1 saturated heterocycles. The molecule has 25 heavy (non-hydrogen) atoms. The third-order valence-electron chi connectivity index (χ3n) is 3.27. The Morgan fingerprint density at radius 1 is 1.28 bits per heavy atom. The number of hydrogen-bond acceptors (Lipinski definition) is 5. The SMILES string of the molecule is O=C(CN1C(=O)/C(=C/c2ccccn2)SC1=S)Nc1ccc(Cl)cc1. The van der Waals surface area contributed by atoms with Crippen LogP contribution in [-0.2, 0) is 9.59 Å². The molecule has 3 rings (SSSR count). The number of pyridine rings is 1. The molecular formula is C17H12ClN3O2S2. The lowest BCUT2D eigenvalue weighted by Crippen LogP contribution is -2.36. The van der Waals surface area contributed by atoms with Crippen LogP contribution in [0.2, 0.25) is 5.02 Å². The molecule has 1 N–H and O–H groups in total. The molecule has 5 nitrogen and oxygen atoms in total. The Kier molecular flexibility index (Phi) is 5.47. The van der Waals surface area contributed by atoms with Crippen LogP contribution in [0.3, 0.4) is 0 Å². The summed E-state index contributed by atoms with van der Waals surface area (Å²) in [5.41, 5.74) is 1.26. The molecule has 2 aromatic rings. The van der Waals surface area contributed by atoms with E-state index in [1.165, 1.54) is 4.90 Å². The van der Waals surface area contributed by atoms with Gasteiger partial charge < -0.3 is 5.32 Å². The normalized spacial score (nSPS) is 15.7. The Morgan fingerprint density at radius 2 is 2.04 bits per heavy atom. The third kappa shape index (κ3) is 4.45. The molecule has 1 aromatic heterocycles. The van der Waals surface area contributed by atoms with Crippen molar-refractivity contribution in [3.63, 3.8) is 0 Å². The van der Waals surface area contributed by atoms with Crippen molar-refractivity contribution in [2.75, 3.05) is 11.9 Å². The first-order valence-electron chi connectivity index (χ1n) is 7.25. The van der Waals surface area contributed by atoms with E-state index in [-0.39, 0.29) is 18.4 Å². The highest BCUT2D eigenvalue weighted by molar-refractivity contribution is 8.26. The van der Waals surface area contributed by atoms with Gasteiger partial charge in [-0.25, -0.2) is 0 Å². The molecule has 0 aliphatic carbocycles. The molecular weight excluding hydrogens is 378 g/mol. The second-order valence-electron chi connectivity index (χ2n) is 5.08. The summed E-state index contributed by atoms with van der Waals surface area (Å²) in [6.45, 7) is -0.146. The molecule has 2 heterocycles. The van der Waals surface area contributed by atoms with Crippen molar-refractivity contribution < 1.29 is 9.59 Å². The molecule has 0 unspecified atom stereocenters. The fourth-order valence-electron chi connectivity index (χ4n) is 2.11. The fraction of sp³-hybridized carbons (Fsp3) is 0.0588. The number of amides is 2. The van der Waals surface area contributed by atoms with Gasteiger partial charge in [0.1, 0.15) is 10.9 Å². The first-order chi connectivity index (χ1) is 12.0. The second kappa shape index (κ2) is 7.77. The van der Waals surface area contributed by atoms with Crippen LogP contribution in [0.15, 0.2) is 53.6 Å². The average molecular weight is 390 g/mol. The molecule has 0 radical (unpaired) electrons. The van der Waals surface area contributed by atoms with E-state index < -0.39 is 0 Å². The highest BCUT2D eigenvalue weighted by atomic mass is 35.5. The zero-order chi connectivity index (χ0) is 17.8. The number of carbonyl (C=O) groups excluding carboxylic acids is 2. The molecule has 126 valence electrons. The number of nitrogens with zero attached hydrogens (tertiary/aromatic N) is 2. The highest BCUT2D eigenvalue weighted by Crippen LogP contribution is 2.32. The molecule has 0 saturated carbocycles. The number of rotatable bonds is 4. The number of nitrogens with one attached hydrogen (secondary N) is 1. The van der Waals surface area contributed by atoms with Crippen LogP contribution in [0.1, 0.15) is 5.69 Å². The largest absolute Gasteiger partial charge is 0.325 e. The smallest absolute Gasteiger partial charge is 0.266 e. The molecule has 0 spiro atoms. The van der Waals surface area contributed by atoms with Gasteiger partial charge in [0.05, 0.1) is 10.6 Å². The van der Waals surface area contributed by atoms with E-state index in [0.717, 1.165) is 11.8 Å². The first-order valence-corrected chi connectivity index (χ1v) is 8.85. The molecule has 8 heteroatoms. The molecule has 0 bridgehead atoms. The predicted octanol–water partition coefficient (Wildman–Crippen LogP) is 3.57. The van der Waals surface area contributed by atoms with E-state index in [9.17, 15) is 9.59 Å². The predicted molar refractivity (Wildman–Crippen MR) is 104 cm³/mol. The minimum atomic E-state index is -0.335. The van der Waals surface area contributed by atoms with Crippen molar-refractivity contribution in [3.05, 3.63) is 64.3 Å². The summed E-state index contributed by atoms with van der Waals surface area (Å²) >= 11 is 12.2. The minimum absolute atomic E-state index is 0.146. The van der Waals surface area contributed by atoms with Gasteiger partial charge in [-0.1, -0.05) is 41.6 Å². The van der Waals surface area contributed by atoms with Crippen LogP contribution < -0.4 is 5.32 Å². The number of halogens is 1. The van der Waals surface area contributed by atoms with E-state index in [1.54, 1.807) is 48.7 Å². The van der Waals surface area contributed by atoms with Crippen molar-refractivity contribution in [1.29, 1.82) is 0 Å². The number of aromatic nitrogens is 1. The topological polar surface area (TPSA) is 62.3 Å². The number of benzene rings is 1. The van der Waals surface area contributed by atoms with Crippen molar-refractivity contribution in [1.82, 2.24) is 9.88 Å². The quantitative estimate of drug-likeness (QED) is 0.639. The van der Waals surface area contributed by atoms with Crippen LogP contribution in [0, 0.1) is 0 Å². The van der Waals surface area contributed by atoms with Crippen LogP contribution in [0.25, 0.3) is 6.08 Å². The van der Waals surface area contributed by atoms with Gasteiger partial charge in [-0.2, -0.15) is 0 Å². The lowest BCUT2D eigenvalue weighted by atomic mass is 10.3. The average Bonchev–Trinajstić information content (AvgIpc) is 2.85. The van der Waals surface area contributed by atoms with Crippen molar-refractivity contribution in [2.24, 2.45) is 0 Å². The minimum Gasteiger partial charge on any atom is -0.325 e. The van der Waals surface area contributed by atoms with Crippen LogP contribution in [0.4, 0.5) is 5.69 Å². The number of anilines is 1. The Hall–Kier alpha value is -2.22. The van der Waals surface area contributed by atoms with Crippen LogP contribution in [0.5, 0.6) is 0 Å². The van der Waals surface area contributed by atoms with E-state index in [0.29, 0.717) is 25.6 Å². The van der Waals surface area contributed by atoms with Gasteiger partial charge in [-0.15, -0.1) is 0 Å². The lowest BCUT2D eigenvalue weighted by Gasteiger charge is -2.14. The number of carbonyl (C=O) groups is 2. The van der Waals surface area contributed by atoms with E-state index >= 15 is 0 Å². The fourth-order valence-corrected chi connectivity index (χ4v) is 3.48. The Morgan fingerprint density at radius 3 is 2.72 bits per heavy atom. The standard InChI is InChI=1S/C17H12ClN3O2S2/c18-11-4-6-12(7-5-11)20-15(22)10-21-16(23)14(25-17(21)24)9-13-3-1-2-8-19-13/h1-9H,10H2,(H,20,22)/b14-9-. The maximum Gasteiger partial charge on any atom is 0.266 e. The van der Waals surface area contributed by atoms with Gasteiger partial charge in [0.2, 0.25) is 5.91 Å². The monoisotopic (exact) mass is 389 g/mol. The van der Waals surface area contributed by atoms with Gasteiger partial charge >= 0.3 is 0 Å². The second-order valence-corrected chi connectivity index (χ2v) is 7.19. The summed E-state index contributed by atoms with van der Waals surface area (Å²) in [6.07, 6.45) is 3.31. The number of hydrogen-bond donors (Lipinski definition) is 1. The summed E-state index contributed by atoms with van der Waals surface area (Å²) in [7, 11) is 0. The maximum absolute atomic E-state index is 12.5. The van der Waals surface area contributed by atoms with Gasteiger partial charge in [-0.05, 0) is 42.5 Å². The first kappa shape index (κ1) is 17.6. The van der Waals surface area contributed by atoms with Gasteiger partial charge in [0.25, 0.3) is 5.91 Å². The molecule has 1 fully saturated rings. The van der Waals surface area contributed by atoms with Crippen molar-refractivity contribution in [2.45, 2.75) is 0 Å². The van der Waals surface area contributed by atoms with Crippen LogP contribution >= 0.6 is 35.6 Å². The zero-order valence-electron chi connectivity index (χ0n) is 12.8. The lowest BCUT2D eigenvalue weighted by molar-refractivity contribution is -0.126. The Balaban J connectivity index is 1.67. The summed E-state index contributed by atoms with van der Waals surface area (Å²) in [4.78, 5) is 30.5. The third-order valence-corrected chi connectivity index (χ3v) is 4.90. The zero-order valence-corrected chi connectivity index (χ0v) is 15.2. The van der Waals surface area contributed by atoms with Crippen molar-refractivity contribution in [3.8, 4) is 0 Å². The van der Waals surface area contributed by atoms with E-state index in [4.69, 9.17) is 23.8 Å². The maximum atomic E-state index is 12.5. The Labute approximate surface area is 159 Å². The van der Waals surface area contributed by atoms with Gasteiger partial charge in [0, 0.05) is 16.9 Å². The van der Waals surface area contributed by atoms with E-state index in [1.807, 2.05) is 6.07 Å². The van der Waals surface area contributed by atoms with Crippen LogP contribution in [-0.4, -0.2) is 32.6 Å². The van der Waals surface area contributed by atoms with Gasteiger partial charge in [-0.3, -0.25) is 19.5 Å². The number of thiocarbonyl (C=S) groups is 1. The Bertz CT molecular complexity index is 854. The van der Waals surface area contributed by atoms with Gasteiger partial charge in [0.15, 0.2) is 0 Å². The summed E-state index contributed by atoms with van der Waals surface area (Å²) in [5, 5.41) is 3.29. The highest BCUT2D eigenvalue weighted by Gasteiger charge is 2.33. The summed E-state index contributed by atoms with van der Waals surface area (Å²) < 4.78 is 0.346. The van der Waals surface area contributed by atoms with E-state index in [2.05, 4.69) is 10.3 Å². The molecule has 1 aromatic carbocycles.